The van der Waals surface area contributed by atoms with Gasteiger partial charge in [-0.2, -0.15) is 0 Å². The SMILES string of the molecule is CCOC(=O)C1(NC2CCCCC2)CCCOCC1. The summed E-state index contributed by atoms with van der Waals surface area (Å²) in [5.41, 5.74) is -0.505. The zero-order valence-corrected chi connectivity index (χ0v) is 12.1. The summed E-state index contributed by atoms with van der Waals surface area (Å²) in [7, 11) is 0. The quantitative estimate of drug-likeness (QED) is 0.796. The van der Waals surface area contributed by atoms with Gasteiger partial charge in [-0.1, -0.05) is 19.3 Å². The third-order valence-corrected chi connectivity index (χ3v) is 4.32. The molecule has 4 nitrogen and oxygen atoms in total. The molecule has 2 aliphatic rings. The molecule has 2 fully saturated rings. The number of ether oxygens (including phenoxy) is 2. The van der Waals surface area contributed by atoms with Crippen LogP contribution in [0.5, 0.6) is 0 Å². The first-order valence-electron chi connectivity index (χ1n) is 7.79. The van der Waals surface area contributed by atoms with Crippen molar-refractivity contribution in [3.8, 4) is 0 Å². The predicted octanol–water partition coefficient (Wildman–Crippen LogP) is 2.41. The fraction of sp³-hybridized carbons (Fsp3) is 0.933. The predicted molar refractivity (Wildman–Crippen MR) is 74.0 cm³/mol. The molecule has 0 amide bonds. The Hall–Kier alpha value is -0.610. The molecule has 110 valence electrons. The molecular formula is C15H27NO3. The smallest absolute Gasteiger partial charge is 0.326 e. The van der Waals surface area contributed by atoms with Crippen molar-refractivity contribution < 1.29 is 14.3 Å². The number of hydrogen-bond acceptors (Lipinski definition) is 4. The van der Waals surface area contributed by atoms with Crippen molar-refractivity contribution in [2.45, 2.75) is 69.9 Å². The van der Waals surface area contributed by atoms with E-state index in [9.17, 15) is 4.79 Å². The molecule has 2 rings (SSSR count). The summed E-state index contributed by atoms with van der Waals surface area (Å²) in [6, 6.07) is 0.469. The van der Waals surface area contributed by atoms with Crippen molar-refractivity contribution >= 4 is 5.97 Å². The highest BCUT2D eigenvalue weighted by Gasteiger charge is 2.41. The largest absolute Gasteiger partial charge is 0.465 e. The molecule has 0 aromatic rings. The number of rotatable bonds is 4. The summed E-state index contributed by atoms with van der Waals surface area (Å²) in [6.45, 7) is 3.74. The summed E-state index contributed by atoms with van der Waals surface area (Å²) in [6.07, 6.45) is 8.74. The highest BCUT2D eigenvalue weighted by Crippen LogP contribution is 2.27. The molecule has 1 unspecified atom stereocenters. The van der Waals surface area contributed by atoms with Gasteiger partial charge in [0.15, 0.2) is 0 Å². The van der Waals surface area contributed by atoms with Crippen LogP contribution in [0.15, 0.2) is 0 Å². The van der Waals surface area contributed by atoms with Crippen molar-refractivity contribution in [1.29, 1.82) is 0 Å². The third kappa shape index (κ3) is 3.93. The Morgan fingerprint density at radius 2 is 2.00 bits per heavy atom. The molecule has 0 aromatic carbocycles. The first kappa shape index (κ1) is 14.8. The van der Waals surface area contributed by atoms with Gasteiger partial charge in [-0.25, -0.2) is 0 Å². The lowest BCUT2D eigenvalue weighted by Crippen LogP contribution is -2.57. The minimum atomic E-state index is -0.505. The molecule has 1 atom stereocenters. The van der Waals surface area contributed by atoms with Gasteiger partial charge in [0.1, 0.15) is 5.54 Å². The lowest BCUT2D eigenvalue weighted by molar-refractivity contribution is -0.152. The zero-order valence-electron chi connectivity index (χ0n) is 12.1. The standard InChI is InChI=1S/C15H27NO3/c1-2-19-14(17)15(9-6-11-18-12-10-15)16-13-7-4-3-5-8-13/h13,16H,2-12H2,1H3. The lowest BCUT2D eigenvalue weighted by Gasteiger charge is -2.36. The number of hydrogen-bond donors (Lipinski definition) is 1. The maximum Gasteiger partial charge on any atom is 0.326 e. The second kappa shape index (κ2) is 7.25. The van der Waals surface area contributed by atoms with Gasteiger partial charge in [-0.05, 0) is 39.0 Å². The van der Waals surface area contributed by atoms with Gasteiger partial charge < -0.3 is 9.47 Å². The molecule has 1 N–H and O–H groups in total. The van der Waals surface area contributed by atoms with Gasteiger partial charge in [0, 0.05) is 19.3 Å². The van der Waals surface area contributed by atoms with Crippen LogP contribution in [0.2, 0.25) is 0 Å². The van der Waals surface area contributed by atoms with E-state index in [1.54, 1.807) is 0 Å². The average molecular weight is 269 g/mol. The fourth-order valence-corrected chi connectivity index (χ4v) is 3.26. The average Bonchev–Trinajstić information content (AvgIpc) is 2.67. The fourth-order valence-electron chi connectivity index (χ4n) is 3.26. The van der Waals surface area contributed by atoms with E-state index in [0.717, 1.165) is 25.9 Å². The molecule has 0 bridgehead atoms. The van der Waals surface area contributed by atoms with Crippen molar-refractivity contribution in [1.82, 2.24) is 5.32 Å². The minimum absolute atomic E-state index is 0.0777. The van der Waals surface area contributed by atoms with E-state index in [-0.39, 0.29) is 5.97 Å². The van der Waals surface area contributed by atoms with E-state index in [2.05, 4.69) is 5.32 Å². The van der Waals surface area contributed by atoms with E-state index in [1.165, 1.54) is 32.1 Å². The number of nitrogens with one attached hydrogen (secondary N) is 1. The van der Waals surface area contributed by atoms with E-state index in [0.29, 0.717) is 19.3 Å². The van der Waals surface area contributed by atoms with E-state index in [1.807, 2.05) is 6.92 Å². The van der Waals surface area contributed by atoms with Crippen LogP contribution >= 0.6 is 0 Å². The summed E-state index contributed by atoms with van der Waals surface area (Å²) in [5, 5.41) is 3.64. The van der Waals surface area contributed by atoms with Gasteiger partial charge in [0.2, 0.25) is 0 Å². The maximum absolute atomic E-state index is 12.4. The van der Waals surface area contributed by atoms with E-state index >= 15 is 0 Å². The van der Waals surface area contributed by atoms with Gasteiger partial charge in [0.05, 0.1) is 6.61 Å². The number of carbonyl (C=O) groups is 1. The van der Waals surface area contributed by atoms with Crippen molar-refractivity contribution in [3.05, 3.63) is 0 Å². The van der Waals surface area contributed by atoms with E-state index < -0.39 is 5.54 Å². The van der Waals surface area contributed by atoms with Gasteiger partial charge in [-0.15, -0.1) is 0 Å². The highest BCUT2D eigenvalue weighted by molar-refractivity contribution is 5.81. The summed E-state index contributed by atoms with van der Waals surface area (Å²) in [4.78, 5) is 12.4. The molecule has 1 aliphatic heterocycles. The highest BCUT2D eigenvalue weighted by atomic mass is 16.5. The molecule has 1 saturated heterocycles. The Kier molecular flexibility index (Phi) is 5.64. The van der Waals surface area contributed by atoms with Crippen molar-refractivity contribution in [2.75, 3.05) is 19.8 Å². The molecule has 19 heavy (non-hydrogen) atoms. The van der Waals surface area contributed by atoms with Crippen molar-refractivity contribution in [2.24, 2.45) is 0 Å². The number of esters is 1. The monoisotopic (exact) mass is 269 g/mol. The summed E-state index contributed by atoms with van der Waals surface area (Å²) in [5.74, 6) is -0.0777. The van der Waals surface area contributed by atoms with Crippen LogP contribution in [-0.4, -0.2) is 37.4 Å². The summed E-state index contributed by atoms with van der Waals surface area (Å²) >= 11 is 0. The molecule has 0 radical (unpaired) electrons. The summed E-state index contributed by atoms with van der Waals surface area (Å²) < 4.78 is 10.8. The van der Waals surface area contributed by atoms with Crippen LogP contribution in [0.3, 0.4) is 0 Å². The molecule has 4 heteroatoms. The zero-order chi connectivity index (χ0) is 13.6. The Bertz CT molecular complexity index is 279. The first-order valence-corrected chi connectivity index (χ1v) is 7.79. The van der Waals surface area contributed by atoms with E-state index in [4.69, 9.17) is 9.47 Å². The van der Waals surface area contributed by atoms with Gasteiger partial charge in [-0.3, -0.25) is 10.1 Å². The third-order valence-electron chi connectivity index (χ3n) is 4.32. The first-order chi connectivity index (χ1) is 9.27. The Labute approximate surface area is 116 Å². The molecular weight excluding hydrogens is 242 g/mol. The van der Waals surface area contributed by atoms with Crippen LogP contribution in [0.25, 0.3) is 0 Å². The van der Waals surface area contributed by atoms with Crippen molar-refractivity contribution in [3.63, 3.8) is 0 Å². The van der Waals surface area contributed by atoms with Crippen LogP contribution in [0.4, 0.5) is 0 Å². The molecule has 0 spiro atoms. The van der Waals surface area contributed by atoms with Gasteiger partial charge in [0.25, 0.3) is 0 Å². The van der Waals surface area contributed by atoms with Crippen LogP contribution in [0.1, 0.15) is 58.3 Å². The van der Waals surface area contributed by atoms with Crippen LogP contribution in [-0.2, 0) is 14.3 Å². The Balaban J connectivity index is 2.05. The number of carbonyl (C=O) groups excluding carboxylic acids is 1. The minimum Gasteiger partial charge on any atom is -0.465 e. The second-order valence-corrected chi connectivity index (χ2v) is 5.75. The molecule has 1 heterocycles. The van der Waals surface area contributed by atoms with Crippen LogP contribution in [0, 0.1) is 0 Å². The Morgan fingerprint density at radius 1 is 1.21 bits per heavy atom. The Morgan fingerprint density at radius 3 is 2.74 bits per heavy atom. The molecule has 0 aromatic heterocycles. The molecule has 1 saturated carbocycles. The second-order valence-electron chi connectivity index (χ2n) is 5.75. The lowest BCUT2D eigenvalue weighted by atomic mass is 9.86. The molecule has 1 aliphatic carbocycles. The van der Waals surface area contributed by atoms with Gasteiger partial charge >= 0.3 is 5.97 Å². The normalized spacial score (nSPS) is 29.7. The topological polar surface area (TPSA) is 47.6 Å². The maximum atomic E-state index is 12.4. The van der Waals surface area contributed by atoms with Crippen LogP contribution < -0.4 is 5.32 Å².